The van der Waals surface area contributed by atoms with Crippen molar-refractivity contribution in [2.24, 2.45) is 5.92 Å². The van der Waals surface area contributed by atoms with Crippen LogP contribution >= 0.6 is 11.6 Å². The first-order chi connectivity index (χ1) is 9.80. The molecule has 1 fully saturated rings. The van der Waals surface area contributed by atoms with E-state index in [1.165, 1.54) is 10.4 Å². The normalized spacial score (nSPS) is 17.8. The topological polar surface area (TPSA) is 74.7 Å². The number of benzene rings is 1. The van der Waals surface area contributed by atoms with Gasteiger partial charge in [0.2, 0.25) is 10.0 Å². The molecule has 0 saturated carbocycles. The van der Waals surface area contributed by atoms with Gasteiger partial charge in [-0.25, -0.2) is 8.42 Å². The molecule has 1 aliphatic heterocycles. The Hall–Kier alpha value is -1.11. The predicted molar refractivity (Wildman–Crippen MR) is 79.9 cm³/mol. The van der Waals surface area contributed by atoms with Crippen molar-refractivity contribution < 1.29 is 18.3 Å². The molecule has 0 radical (unpaired) electrons. The average Bonchev–Trinajstić information content (AvgIpc) is 2.38. The molecular weight excluding hydrogens is 314 g/mol. The maximum atomic E-state index is 12.6. The van der Waals surface area contributed by atoms with Crippen LogP contribution in [0.3, 0.4) is 0 Å². The first kappa shape index (κ1) is 16.3. The number of carbonyl (C=O) groups is 1. The highest BCUT2D eigenvalue weighted by molar-refractivity contribution is 7.89. The Morgan fingerprint density at radius 2 is 2.00 bits per heavy atom. The van der Waals surface area contributed by atoms with E-state index in [2.05, 4.69) is 0 Å². The predicted octanol–water partition coefficient (Wildman–Crippen LogP) is 2.52. The van der Waals surface area contributed by atoms with E-state index in [0.717, 1.165) is 0 Å². The van der Waals surface area contributed by atoms with Crippen LogP contribution in [0.25, 0.3) is 0 Å². The van der Waals surface area contributed by atoms with Crippen LogP contribution in [0.4, 0.5) is 0 Å². The zero-order valence-electron chi connectivity index (χ0n) is 11.8. The smallest absolute Gasteiger partial charge is 0.303 e. The summed E-state index contributed by atoms with van der Waals surface area (Å²) in [4.78, 5) is 11.0. The van der Waals surface area contributed by atoms with Crippen molar-refractivity contribution in [3.05, 3.63) is 28.8 Å². The molecule has 116 valence electrons. The minimum Gasteiger partial charge on any atom is -0.481 e. The van der Waals surface area contributed by atoms with Gasteiger partial charge in [0.25, 0.3) is 0 Å². The zero-order valence-corrected chi connectivity index (χ0v) is 13.3. The van der Waals surface area contributed by atoms with Crippen LogP contribution in [-0.2, 0) is 14.8 Å². The van der Waals surface area contributed by atoms with E-state index in [0.29, 0.717) is 36.5 Å². The number of nitrogens with zero attached hydrogens (tertiary/aromatic N) is 1. The Kier molecular flexibility index (Phi) is 4.91. The van der Waals surface area contributed by atoms with E-state index in [-0.39, 0.29) is 17.2 Å². The minimum absolute atomic E-state index is 0.0558. The van der Waals surface area contributed by atoms with Gasteiger partial charge in [0, 0.05) is 24.5 Å². The van der Waals surface area contributed by atoms with Gasteiger partial charge in [0.15, 0.2) is 0 Å². The largest absolute Gasteiger partial charge is 0.481 e. The second-order valence-corrected chi connectivity index (χ2v) is 7.70. The Morgan fingerprint density at radius 1 is 1.38 bits per heavy atom. The van der Waals surface area contributed by atoms with E-state index in [1.54, 1.807) is 19.1 Å². The molecule has 0 unspecified atom stereocenters. The molecule has 5 nitrogen and oxygen atoms in total. The Bertz CT molecular complexity index is 636. The molecule has 0 spiro atoms. The van der Waals surface area contributed by atoms with Gasteiger partial charge >= 0.3 is 5.97 Å². The molecule has 1 heterocycles. The number of aliphatic carboxylic acids is 1. The van der Waals surface area contributed by atoms with Crippen LogP contribution < -0.4 is 0 Å². The summed E-state index contributed by atoms with van der Waals surface area (Å²) in [6.45, 7) is 2.45. The third kappa shape index (κ3) is 3.75. The molecule has 21 heavy (non-hydrogen) atoms. The standard InChI is InChI=1S/C14H18ClNO4S/c1-10-8-12(15)2-3-13(10)21(19,20)16-6-4-11(5-7-16)9-14(17)18/h2-3,8,11H,4-7,9H2,1H3,(H,17,18). The van der Waals surface area contributed by atoms with E-state index in [9.17, 15) is 13.2 Å². The van der Waals surface area contributed by atoms with Gasteiger partial charge in [0.1, 0.15) is 0 Å². The maximum Gasteiger partial charge on any atom is 0.303 e. The van der Waals surface area contributed by atoms with Gasteiger partial charge in [-0.1, -0.05) is 11.6 Å². The molecule has 0 aromatic heterocycles. The number of carboxylic acid groups (broad SMARTS) is 1. The Balaban J connectivity index is 2.13. The molecule has 1 saturated heterocycles. The highest BCUT2D eigenvalue weighted by Crippen LogP contribution is 2.28. The number of piperidine rings is 1. The van der Waals surface area contributed by atoms with Crippen LogP contribution in [0, 0.1) is 12.8 Å². The lowest BCUT2D eigenvalue weighted by Crippen LogP contribution is -2.39. The summed E-state index contributed by atoms with van der Waals surface area (Å²) >= 11 is 5.86. The molecule has 2 rings (SSSR count). The summed E-state index contributed by atoms with van der Waals surface area (Å²) < 4.78 is 26.7. The Labute approximate surface area is 129 Å². The number of halogens is 1. The highest BCUT2D eigenvalue weighted by Gasteiger charge is 2.30. The quantitative estimate of drug-likeness (QED) is 0.920. The molecule has 0 bridgehead atoms. The average molecular weight is 332 g/mol. The molecular formula is C14H18ClNO4S. The van der Waals surface area contributed by atoms with Crippen molar-refractivity contribution in [2.45, 2.75) is 31.1 Å². The summed E-state index contributed by atoms with van der Waals surface area (Å²) in [6, 6.07) is 4.72. The summed E-state index contributed by atoms with van der Waals surface area (Å²) in [5.41, 5.74) is 0.621. The van der Waals surface area contributed by atoms with Gasteiger partial charge in [0.05, 0.1) is 4.90 Å². The van der Waals surface area contributed by atoms with Gasteiger partial charge in [-0.2, -0.15) is 4.31 Å². The fourth-order valence-electron chi connectivity index (χ4n) is 2.64. The molecule has 0 atom stereocenters. The van der Waals surface area contributed by atoms with Crippen LogP contribution in [0.1, 0.15) is 24.8 Å². The second kappa shape index (κ2) is 6.34. The lowest BCUT2D eigenvalue weighted by Gasteiger charge is -2.30. The number of rotatable bonds is 4. The van der Waals surface area contributed by atoms with Crippen molar-refractivity contribution >= 4 is 27.6 Å². The van der Waals surface area contributed by atoms with Gasteiger partial charge in [-0.15, -0.1) is 0 Å². The molecule has 0 amide bonds. The van der Waals surface area contributed by atoms with Crippen LogP contribution in [0.15, 0.2) is 23.1 Å². The van der Waals surface area contributed by atoms with Crippen molar-refractivity contribution in [3.63, 3.8) is 0 Å². The third-order valence-electron chi connectivity index (χ3n) is 3.79. The van der Waals surface area contributed by atoms with Crippen molar-refractivity contribution in [1.82, 2.24) is 4.31 Å². The first-order valence-electron chi connectivity index (χ1n) is 6.79. The fraction of sp³-hybridized carbons (Fsp3) is 0.500. The summed E-state index contributed by atoms with van der Waals surface area (Å²) in [6.07, 6.45) is 1.27. The lowest BCUT2D eigenvalue weighted by molar-refractivity contribution is -0.138. The summed E-state index contributed by atoms with van der Waals surface area (Å²) in [7, 11) is -3.53. The van der Waals surface area contributed by atoms with Crippen molar-refractivity contribution in [3.8, 4) is 0 Å². The molecule has 1 aromatic carbocycles. The van der Waals surface area contributed by atoms with Gasteiger partial charge in [-0.3, -0.25) is 4.79 Å². The SMILES string of the molecule is Cc1cc(Cl)ccc1S(=O)(=O)N1CCC(CC(=O)O)CC1. The van der Waals surface area contributed by atoms with Gasteiger partial charge < -0.3 is 5.11 Å². The van der Waals surface area contributed by atoms with E-state index < -0.39 is 16.0 Å². The number of hydrogen-bond donors (Lipinski definition) is 1. The van der Waals surface area contributed by atoms with Crippen LogP contribution in [0.5, 0.6) is 0 Å². The number of hydrogen-bond acceptors (Lipinski definition) is 3. The summed E-state index contributed by atoms with van der Waals surface area (Å²) in [5.74, 6) is -0.773. The monoisotopic (exact) mass is 331 g/mol. The number of aryl methyl sites for hydroxylation is 1. The highest BCUT2D eigenvalue weighted by atomic mass is 35.5. The molecule has 1 aromatic rings. The van der Waals surface area contributed by atoms with Crippen molar-refractivity contribution in [2.75, 3.05) is 13.1 Å². The molecule has 7 heteroatoms. The van der Waals surface area contributed by atoms with Crippen LogP contribution in [0.2, 0.25) is 5.02 Å². The molecule has 1 aliphatic rings. The minimum atomic E-state index is -3.53. The lowest BCUT2D eigenvalue weighted by atomic mass is 9.95. The third-order valence-corrected chi connectivity index (χ3v) is 6.09. The Morgan fingerprint density at radius 3 is 2.52 bits per heavy atom. The fourth-order valence-corrected chi connectivity index (χ4v) is 4.54. The number of sulfonamides is 1. The van der Waals surface area contributed by atoms with E-state index >= 15 is 0 Å². The van der Waals surface area contributed by atoms with Crippen LogP contribution in [-0.4, -0.2) is 36.9 Å². The van der Waals surface area contributed by atoms with Gasteiger partial charge in [-0.05, 0) is 49.4 Å². The molecule has 1 N–H and O–H groups in total. The van der Waals surface area contributed by atoms with E-state index in [1.807, 2.05) is 0 Å². The molecule has 0 aliphatic carbocycles. The summed E-state index contributed by atoms with van der Waals surface area (Å²) in [5, 5.41) is 9.29. The number of carboxylic acids is 1. The van der Waals surface area contributed by atoms with E-state index in [4.69, 9.17) is 16.7 Å². The maximum absolute atomic E-state index is 12.6. The first-order valence-corrected chi connectivity index (χ1v) is 8.60. The second-order valence-electron chi connectivity index (χ2n) is 5.36. The zero-order chi connectivity index (χ0) is 15.6. The van der Waals surface area contributed by atoms with Crippen molar-refractivity contribution in [1.29, 1.82) is 0 Å².